The number of halogens is 1. The number of nitrogens with zero attached hydrogens (tertiary/aromatic N) is 1. The highest BCUT2D eigenvalue weighted by Gasteiger charge is 2.41. The Balaban J connectivity index is 1.98. The van der Waals surface area contributed by atoms with Gasteiger partial charge in [-0.15, -0.1) is 0 Å². The van der Waals surface area contributed by atoms with E-state index in [9.17, 15) is 14.0 Å². The fourth-order valence-electron chi connectivity index (χ4n) is 3.36. The molecule has 5 heteroatoms. The molecule has 1 heterocycles. The van der Waals surface area contributed by atoms with Crippen LogP contribution in [0.5, 0.6) is 0 Å². The first-order valence-corrected chi connectivity index (χ1v) is 8.28. The zero-order valence-electron chi connectivity index (χ0n) is 14.0. The Hall–Kier alpha value is -2.69. The molecule has 130 valence electrons. The summed E-state index contributed by atoms with van der Waals surface area (Å²) in [5.41, 5.74) is 1.84. The van der Waals surface area contributed by atoms with Gasteiger partial charge in [0.1, 0.15) is 11.9 Å². The summed E-state index contributed by atoms with van der Waals surface area (Å²) in [6.45, 7) is 0. The second-order valence-electron chi connectivity index (χ2n) is 6.14. The average molecular weight is 341 g/mol. The van der Waals surface area contributed by atoms with Crippen LogP contribution in [0.1, 0.15) is 30.0 Å². The van der Waals surface area contributed by atoms with E-state index in [0.717, 1.165) is 11.1 Å². The molecule has 1 saturated heterocycles. The van der Waals surface area contributed by atoms with Crippen molar-refractivity contribution >= 4 is 11.9 Å². The molecule has 1 aliphatic rings. The van der Waals surface area contributed by atoms with E-state index >= 15 is 0 Å². The SMILES string of the molecule is COC(=O)C1CCC(=O)N1C(Cc1ccccc1)c1ccc(F)cc1. The summed E-state index contributed by atoms with van der Waals surface area (Å²) in [7, 11) is 1.33. The molecule has 0 N–H and O–H groups in total. The Morgan fingerprint density at radius 2 is 1.88 bits per heavy atom. The summed E-state index contributed by atoms with van der Waals surface area (Å²) < 4.78 is 18.2. The predicted molar refractivity (Wildman–Crippen MR) is 91.2 cm³/mol. The van der Waals surface area contributed by atoms with Gasteiger partial charge >= 0.3 is 5.97 Å². The lowest BCUT2D eigenvalue weighted by Gasteiger charge is -2.32. The van der Waals surface area contributed by atoms with Gasteiger partial charge in [-0.3, -0.25) is 4.79 Å². The minimum atomic E-state index is -0.601. The van der Waals surface area contributed by atoms with Gasteiger partial charge < -0.3 is 9.64 Å². The van der Waals surface area contributed by atoms with Crippen molar-refractivity contribution in [3.05, 3.63) is 71.5 Å². The maximum Gasteiger partial charge on any atom is 0.328 e. The maximum atomic E-state index is 13.3. The van der Waals surface area contributed by atoms with Crippen molar-refractivity contribution in [1.29, 1.82) is 0 Å². The largest absolute Gasteiger partial charge is 0.467 e. The molecule has 0 bridgehead atoms. The predicted octanol–water partition coefficient (Wildman–Crippen LogP) is 3.27. The number of methoxy groups -OCH3 is 1. The fraction of sp³-hybridized carbons (Fsp3) is 0.300. The number of likely N-dealkylation sites (tertiary alicyclic amines) is 1. The molecule has 0 spiro atoms. The highest BCUT2D eigenvalue weighted by molar-refractivity contribution is 5.88. The summed E-state index contributed by atoms with van der Waals surface area (Å²) >= 11 is 0. The normalized spacial score (nSPS) is 18.2. The van der Waals surface area contributed by atoms with Crippen molar-refractivity contribution in [2.24, 2.45) is 0 Å². The van der Waals surface area contributed by atoms with Crippen molar-refractivity contribution < 1.29 is 18.7 Å². The highest BCUT2D eigenvalue weighted by atomic mass is 19.1. The third-order valence-electron chi connectivity index (χ3n) is 4.59. The molecule has 0 aliphatic carbocycles. The smallest absolute Gasteiger partial charge is 0.328 e. The minimum absolute atomic E-state index is 0.0827. The number of amides is 1. The van der Waals surface area contributed by atoms with Crippen LogP contribution < -0.4 is 0 Å². The van der Waals surface area contributed by atoms with E-state index in [1.807, 2.05) is 30.3 Å². The lowest BCUT2D eigenvalue weighted by Crippen LogP contribution is -2.42. The molecule has 1 aliphatic heterocycles. The summed E-state index contributed by atoms with van der Waals surface area (Å²) in [5, 5.41) is 0. The van der Waals surface area contributed by atoms with E-state index in [0.29, 0.717) is 19.3 Å². The van der Waals surface area contributed by atoms with Crippen molar-refractivity contribution in [2.45, 2.75) is 31.3 Å². The second-order valence-corrected chi connectivity index (χ2v) is 6.14. The lowest BCUT2D eigenvalue weighted by molar-refractivity contribution is -0.150. The van der Waals surface area contributed by atoms with Crippen LogP contribution in [0.25, 0.3) is 0 Å². The molecule has 1 amide bonds. The van der Waals surface area contributed by atoms with Gasteiger partial charge in [-0.05, 0) is 36.1 Å². The van der Waals surface area contributed by atoms with Crippen molar-refractivity contribution in [3.8, 4) is 0 Å². The molecule has 4 nitrogen and oxygen atoms in total. The molecule has 3 rings (SSSR count). The number of rotatable bonds is 5. The number of esters is 1. The van der Waals surface area contributed by atoms with E-state index in [4.69, 9.17) is 4.74 Å². The van der Waals surface area contributed by atoms with Crippen molar-refractivity contribution in [2.75, 3.05) is 7.11 Å². The Kier molecular flexibility index (Phi) is 5.12. The molecule has 2 aromatic rings. The van der Waals surface area contributed by atoms with Gasteiger partial charge in [0.2, 0.25) is 5.91 Å². The topological polar surface area (TPSA) is 46.6 Å². The van der Waals surface area contributed by atoms with E-state index < -0.39 is 12.0 Å². The van der Waals surface area contributed by atoms with Crippen LogP contribution in [0.15, 0.2) is 54.6 Å². The highest BCUT2D eigenvalue weighted by Crippen LogP contribution is 2.33. The third-order valence-corrected chi connectivity index (χ3v) is 4.59. The second kappa shape index (κ2) is 7.47. The summed E-state index contributed by atoms with van der Waals surface area (Å²) in [6.07, 6.45) is 1.30. The van der Waals surface area contributed by atoms with Gasteiger partial charge in [0.15, 0.2) is 0 Å². The minimum Gasteiger partial charge on any atom is -0.467 e. The van der Waals surface area contributed by atoms with Crippen LogP contribution >= 0.6 is 0 Å². The van der Waals surface area contributed by atoms with E-state index in [1.165, 1.54) is 19.2 Å². The Morgan fingerprint density at radius 3 is 2.52 bits per heavy atom. The molecule has 0 aromatic heterocycles. The average Bonchev–Trinajstić information content (AvgIpc) is 3.02. The Morgan fingerprint density at radius 1 is 1.20 bits per heavy atom. The van der Waals surface area contributed by atoms with Gasteiger partial charge in [0, 0.05) is 6.42 Å². The van der Waals surface area contributed by atoms with Gasteiger partial charge in [0.25, 0.3) is 0 Å². The van der Waals surface area contributed by atoms with Crippen molar-refractivity contribution in [1.82, 2.24) is 4.90 Å². The molecule has 2 aromatic carbocycles. The first kappa shape index (κ1) is 17.1. The zero-order chi connectivity index (χ0) is 17.8. The summed E-state index contributed by atoms with van der Waals surface area (Å²) in [6, 6.07) is 14.9. The van der Waals surface area contributed by atoms with Crippen LogP contribution in [0, 0.1) is 5.82 Å². The number of carbonyl (C=O) groups is 2. The van der Waals surface area contributed by atoms with Gasteiger partial charge in [-0.1, -0.05) is 42.5 Å². The first-order chi connectivity index (χ1) is 12.1. The van der Waals surface area contributed by atoms with Gasteiger partial charge in [0.05, 0.1) is 13.2 Å². The monoisotopic (exact) mass is 341 g/mol. The van der Waals surface area contributed by atoms with Crippen LogP contribution in [0.4, 0.5) is 4.39 Å². The number of hydrogen-bond donors (Lipinski definition) is 0. The molecule has 2 atom stereocenters. The molecular weight excluding hydrogens is 321 g/mol. The number of carbonyl (C=O) groups excluding carboxylic acids is 2. The fourth-order valence-corrected chi connectivity index (χ4v) is 3.36. The van der Waals surface area contributed by atoms with Crippen LogP contribution in [-0.2, 0) is 20.7 Å². The zero-order valence-corrected chi connectivity index (χ0v) is 14.0. The first-order valence-electron chi connectivity index (χ1n) is 8.28. The lowest BCUT2D eigenvalue weighted by atomic mass is 9.96. The van der Waals surface area contributed by atoms with Gasteiger partial charge in [-0.2, -0.15) is 0 Å². The third kappa shape index (κ3) is 3.71. The molecule has 0 saturated carbocycles. The summed E-state index contributed by atoms with van der Waals surface area (Å²) in [4.78, 5) is 26.3. The number of benzene rings is 2. The summed E-state index contributed by atoms with van der Waals surface area (Å²) in [5.74, 6) is -0.828. The Labute approximate surface area is 146 Å². The quantitative estimate of drug-likeness (QED) is 0.784. The molecular formula is C20H20FNO3. The Bertz CT molecular complexity index is 745. The standard InChI is InChI=1S/C20H20FNO3/c1-25-20(24)17-11-12-19(23)22(17)18(13-14-5-3-2-4-6-14)15-7-9-16(21)10-8-15/h2-10,17-18H,11-13H2,1H3. The molecule has 1 fully saturated rings. The molecule has 25 heavy (non-hydrogen) atoms. The van der Waals surface area contributed by atoms with Crippen LogP contribution in [0.2, 0.25) is 0 Å². The maximum absolute atomic E-state index is 13.3. The van der Waals surface area contributed by atoms with Gasteiger partial charge in [-0.25, -0.2) is 9.18 Å². The van der Waals surface area contributed by atoms with E-state index in [-0.39, 0.29) is 17.8 Å². The van der Waals surface area contributed by atoms with E-state index in [2.05, 4.69) is 0 Å². The van der Waals surface area contributed by atoms with Crippen LogP contribution in [0.3, 0.4) is 0 Å². The van der Waals surface area contributed by atoms with Crippen LogP contribution in [-0.4, -0.2) is 29.9 Å². The molecule has 2 unspecified atom stereocenters. The number of ether oxygens (including phenoxy) is 1. The van der Waals surface area contributed by atoms with E-state index in [1.54, 1.807) is 17.0 Å². The van der Waals surface area contributed by atoms with Crippen molar-refractivity contribution in [3.63, 3.8) is 0 Å². The number of hydrogen-bond acceptors (Lipinski definition) is 3. The molecule has 0 radical (unpaired) electrons.